The van der Waals surface area contributed by atoms with Crippen molar-refractivity contribution in [2.45, 2.75) is 133 Å². The molecule has 1 aliphatic rings. The number of nitrogens with zero attached hydrogens (tertiary/aromatic N) is 2. The summed E-state index contributed by atoms with van der Waals surface area (Å²) in [6, 6.07) is 5.54. The lowest BCUT2D eigenvalue weighted by molar-refractivity contribution is -0.145. The molecule has 17 N–H and O–H groups in total. The van der Waals surface area contributed by atoms with Gasteiger partial charge >= 0.3 is 5.97 Å². The van der Waals surface area contributed by atoms with Crippen molar-refractivity contribution in [1.82, 2.24) is 62.7 Å². The number of halogens is 1. The molecule has 2 heterocycles. The van der Waals surface area contributed by atoms with E-state index in [9.17, 15) is 72.9 Å². The monoisotopic (exact) mass is 1300 g/mol. The lowest BCUT2D eigenvalue weighted by Crippen LogP contribution is -2.63. The van der Waals surface area contributed by atoms with Crippen LogP contribution in [0.25, 0.3) is 11.1 Å². The summed E-state index contributed by atoms with van der Waals surface area (Å²) < 4.78 is 25.9. The Labute approximate surface area is 534 Å². The fourth-order valence-electron chi connectivity index (χ4n) is 10.1. The molecule has 4 aromatic rings. The summed E-state index contributed by atoms with van der Waals surface area (Å²) in [6.45, 7) is 2.89. The zero-order chi connectivity index (χ0) is 68.7. The largest absolute Gasteiger partial charge is 0.497 e. The summed E-state index contributed by atoms with van der Waals surface area (Å²) in [4.78, 5) is 168. The van der Waals surface area contributed by atoms with Crippen LogP contribution in [0.5, 0.6) is 5.75 Å². The molecule has 0 spiro atoms. The van der Waals surface area contributed by atoms with Crippen LogP contribution >= 0.6 is 0 Å². The number of likely N-dealkylation sites (tertiary alicyclic amines) is 1. The molecule has 504 valence electrons. The van der Waals surface area contributed by atoms with E-state index in [0.717, 1.165) is 29.7 Å². The lowest BCUT2D eigenvalue weighted by Gasteiger charge is -2.35. The fourth-order valence-corrected chi connectivity index (χ4v) is 10.1. The van der Waals surface area contributed by atoms with Gasteiger partial charge in [0, 0.05) is 44.8 Å². The minimum absolute atomic E-state index is 0.134. The number of carboxylic acids is 1. The van der Waals surface area contributed by atoms with E-state index in [0.29, 0.717) is 29.8 Å². The molecule has 0 bridgehead atoms. The molecule has 93 heavy (non-hydrogen) atoms. The van der Waals surface area contributed by atoms with Crippen LogP contribution in [0.15, 0.2) is 79.3 Å². The summed E-state index contributed by atoms with van der Waals surface area (Å²) in [6.07, 6.45) is -0.440. The van der Waals surface area contributed by atoms with Crippen molar-refractivity contribution in [2.24, 2.45) is 11.5 Å². The van der Waals surface area contributed by atoms with Crippen molar-refractivity contribution in [2.75, 3.05) is 47.0 Å². The maximum Gasteiger partial charge on any atom is 0.305 e. The Balaban J connectivity index is 1.24. The lowest BCUT2D eigenvalue weighted by atomic mass is 9.95. The van der Waals surface area contributed by atoms with Gasteiger partial charge in [-0.05, 0) is 86.1 Å². The van der Waals surface area contributed by atoms with Gasteiger partial charge in [0.05, 0.1) is 64.3 Å². The van der Waals surface area contributed by atoms with Gasteiger partial charge in [0.25, 0.3) is 0 Å². The second-order valence-electron chi connectivity index (χ2n) is 22.2. The van der Waals surface area contributed by atoms with E-state index in [1.54, 1.807) is 37.4 Å². The van der Waals surface area contributed by atoms with E-state index in [2.05, 4.69) is 57.8 Å². The topological polar surface area (TPSA) is 476 Å². The molecule has 0 saturated carbocycles. The highest BCUT2D eigenvalue weighted by Gasteiger charge is 2.47. The number of aromatic amines is 1. The molecule has 11 amide bonds. The van der Waals surface area contributed by atoms with Gasteiger partial charge in [-0.1, -0.05) is 55.5 Å². The van der Waals surface area contributed by atoms with E-state index in [4.69, 9.17) is 20.9 Å². The summed E-state index contributed by atoms with van der Waals surface area (Å²) >= 11 is 0. The minimum atomic E-state index is -2.03. The zero-order valence-electron chi connectivity index (χ0n) is 52.2. The summed E-state index contributed by atoms with van der Waals surface area (Å²) in [5, 5.41) is 51.8. The smallest absolute Gasteiger partial charge is 0.305 e. The predicted octanol–water partition coefficient (Wildman–Crippen LogP) is -3.85. The van der Waals surface area contributed by atoms with E-state index in [1.165, 1.54) is 56.6 Å². The number of methoxy groups -OCH3 is 2. The van der Waals surface area contributed by atoms with Gasteiger partial charge < -0.3 is 94.0 Å². The first-order valence-corrected chi connectivity index (χ1v) is 29.6. The van der Waals surface area contributed by atoms with Crippen molar-refractivity contribution < 1.29 is 86.7 Å². The number of rotatable bonds is 35. The number of ether oxygens (including phenoxy) is 2. The fraction of sp³-hybridized carbons (Fsp3) is 0.459. The van der Waals surface area contributed by atoms with Crippen molar-refractivity contribution >= 4 is 70.9 Å². The molecule has 5 rings (SSSR count). The molecule has 1 fully saturated rings. The number of carboxylic acid groups (broad SMARTS) is 1. The second-order valence-corrected chi connectivity index (χ2v) is 22.2. The number of aryl methyl sites for hydroxylation is 1. The molecule has 0 aliphatic carbocycles. The molecule has 3 aromatic carbocycles. The Hall–Kier alpha value is -9.92. The van der Waals surface area contributed by atoms with Crippen LogP contribution in [0.3, 0.4) is 0 Å². The highest BCUT2D eigenvalue weighted by atomic mass is 19.1. The third kappa shape index (κ3) is 21.3. The number of nitrogens with one attached hydrogen (secondary N) is 10. The van der Waals surface area contributed by atoms with Gasteiger partial charge in [-0.25, -0.2) is 9.37 Å². The Morgan fingerprint density at radius 1 is 0.720 bits per heavy atom. The van der Waals surface area contributed by atoms with Gasteiger partial charge in [-0.3, -0.25) is 57.5 Å². The number of aliphatic hydroxyl groups excluding tert-OH is 2. The number of amides is 11. The number of benzene rings is 3. The van der Waals surface area contributed by atoms with Crippen LogP contribution in [-0.2, 0) is 88.0 Å². The number of aliphatic carboxylic acids is 1. The van der Waals surface area contributed by atoms with Crippen LogP contribution in [-0.4, -0.2) is 208 Å². The SMILES string of the molecule is CCc1cc(OC)ccc1-c1ccc(C[C@H](NC(=O)[C@H](CC(=O)O)NC(=O)[C@H](CO)NC(=O)[C@@H](NC(=O)[C@H](Cc2ccccc2F)NC(=O)[C@@H](NC(=O)CNC(=O)CNC(=O)C2(C)CCCN2C(=O)[C@@H](N)Cc2cnc[nH]2)[C@@H](C)OC)[C@@H](C)O)C(=O)NCC(N)=O)cc1. The maximum absolute atomic E-state index is 15.2. The number of imidazole rings is 1. The first-order chi connectivity index (χ1) is 44.1. The van der Waals surface area contributed by atoms with Crippen molar-refractivity contribution in [3.8, 4) is 16.9 Å². The normalized spacial score (nSPS) is 16.4. The van der Waals surface area contributed by atoms with Crippen LogP contribution in [0.4, 0.5) is 4.39 Å². The van der Waals surface area contributed by atoms with E-state index >= 15 is 4.39 Å². The molecular weight excluding hydrogens is 1220 g/mol. The molecule has 0 radical (unpaired) electrons. The summed E-state index contributed by atoms with van der Waals surface area (Å²) in [5.41, 5.74) is 13.7. The summed E-state index contributed by atoms with van der Waals surface area (Å²) in [7, 11) is 2.73. The number of aromatic nitrogens is 2. The highest BCUT2D eigenvalue weighted by Crippen LogP contribution is 2.31. The van der Waals surface area contributed by atoms with E-state index in [1.807, 2.05) is 19.1 Å². The predicted molar refractivity (Wildman–Crippen MR) is 329 cm³/mol. The highest BCUT2D eigenvalue weighted by molar-refractivity contribution is 5.99. The van der Waals surface area contributed by atoms with E-state index in [-0.39, 0.29) is 31.4 Å². The van der Waals surface area contributed by atoms with Gasteiger partial charge in [0.2, 0.25) is 65.0 Å². The first kappa shape index (κ1) is 73.8. The molecule has 1 aliphatic heterocycles. The quantitative estimate of drug-likeness (QED) is 0.0210. The van der Waals surface area contributed by atoms with Crippen molar-refractivity contribution in [3.63, 3.8) is 0 Å². The number of nitrogens with two attached hydrogens (primary N) is 2. The van der Waals surface area contributed by atoms with Crippen LogP contribution < -0.4 is 64.1 Å². The third-order valence-electron chi connectivity index (χ3n) is 15.4. The average Bonchev–Trinajstić information content (AvgIpc) is 1.71. The van der Waals surface area contributed by atoms with Crippen molar-refractivity contribution in [3.05, 3.63) is 107 Å². The number of carbonyl (C=O) groups is 12. The number of carbonyl (C=O) groups excluding carboxylic acids is 11. The number of primary amides is 1. The minimum Gasteiger partial charge on any atom is -0.497 e. The Morgan fingerprint density at radius 2 is 1.34 bits per heavy atom. The third-order valence-corrected chi connectivity index (χ3v) is 15.4. The molecular formula is C61H81FN14O17. The molecule has 1 unspecified atom stereocenters. The molecule has 1 aromatic heterocycles. The average molecular weight is 1300 g/mol. The molecule has 1 saturated heterocycles. The number of H-pyrrole nitrogens is 1. The van der Waals surface area contributed by atoms with Gasteiger partial charge in [0.15, 0.2) is 0 Å². The van der Waals surface area contributed by atoms with Crippen LogP contribution in [0.1, 0.15) is 69.3 Å². The Kier molecular flexibility index (Phi) is 27.8. The molecule has 31 nitrogen and oxygen atoms in total. The zero-order valence-corrected chi connectivity index (χ0v) is 52.2. The van der Waals surface area contributed by atoms with E-state index < -0.39 is 176 Å². The molecule has 10 atom stereocenters. The number of hydrogen-bond donors (Lipinski definition) is 15. The summed E-state index contributed by atoms with van der Waals surface area (Å²) in [5.74, 6) is -12.9. The van der Waals surface area contributed by atoms with Crippen molar-refractivity contribution in [1.29, 1.82) is 0 Å². The maximum atomic E-state index is 15.2. The van der Waals surface area contributed by atoms with Crippen LogP contribution in [0.2, 0.25) is 0 Å². The second kappa shape index (κ2) is 35.0. The van der Waals surface area contributed by atoms with Crippen LogP contribution in [0, 0.1) is 5.82 Å². The number of aliphatic hydroxyl groups is 2. The van der Waals surface area contributed by atoms with Gasteiger partial charge in [0.1, 0.15) is 53.4 Å². The standard InChI is InChI=1S/C61H81FN14O17/c1-7-35-22-39(93-6)17-18-40(35)36-15-13-34(14-16-36)21-43(53(84)67-27-47(64)79)70-54(85)45(25-50(82)83)71-56(87)46(30-77)73-57(88)51(32(2)78)75-55(86)44(23-37-11-8-9-12-41(37)62)72-58(89)52(33(3)92-5)74-49(81)29-66-48(80)28-68-60(91)61(4)19-10-20-76(61)59(90)42(63)24-38-26-65-31-69-38/h8-9,11-18,22,26,31-33,42-46,51-52,77-78H,7,10,19-21,23-25,27-30,63H2,1-6H3,(H2,64,79)(H,65,69)(H,66,80)(H,67,84)(H,68,91)(H,70,85)(H,71,87)(H,72,89)(H,73,88)(H,74,81)(H,75,86)(H,82,83)/t32-,33-,42+,43+,44+,45+,46+,51+,52+,61?/m1/s1. The Morgan fingerprint density at radius 3 is 1.96 bits per heavy atom. The first-order valence-electron chi connectivity index (χ1n) is 29.6. The van der Waals surface area contributed by atoms with Gasteiger partial charge in [-0.15, -0.1) is 0 Å². The molecule has 32 heteroatoms. The van der Waals surface area contributed by atoms with Gasteiger partial charge in [-0.2, -0.15) is 0 Å². The Bertz CT molecular complexity index is 3320. The number of hydrogen-bond acceptors (Lipinski definition) is 18.